The maximum absolute atomic E-state index is 11.3. The van der Waals surface area contributed by atoms with E-state index in [-0.39, 0.29) is 5.75 Å². The molecule has 6 nitrogen and oxygen atoms in total. The summed E-state index contributed by atoms with van der Waals surface area (Å²) in [7, 11) is -3.08. The van der Waals surface area contributed by atoms with Gasteiger partial charge in [0.25, 0.3) is 0 Å². The normalized spacial score (nSPS) is 20.6. The van der Waals surface area contributed by atoms with Gasteiger partial charge in [-0.2, -0.15) is 0 Å². The zero-order chi connectivity index (χ0) is 15.7. The molecule has 0 aromatic heterocycles. The highest BCUT2D eigenvalue weighted by Gasteiger charge is 2.18. The molecule has 0 aromatic rings. The number of aliphatic imine (C=N–C) groups is 1. The van der Waals surface area contributed by atoms with E-state index in [9.17, 15) is 8.42 Å². The van der Waals surface area contributed by atoms with E-state index in [0.717, 1.165) is 32.0 Å². The molecule has 0 aromatic carbocycles. The number of sulfonamides is 1. The number of guanidine groups is 1. The second-order valence-electron chi connectivity index (χ2n) is 5.58. The molecule has 0 amide bonds. The lowest BCUT2D eigenvalue weighted by Crippen LogP contribution is -2.46. The molecule has 1 aliphatic heterocycles. The van der Waals surface area contributed by atoms with Gasteiger partial charge in [0.05, 0.1) is 5.75 Å². The van der Waals surface area contributed by atoms with Crippen LogP contribution in [-0.4, -0.2) is 57.8 Å². The number of nitrogens with zero attached hydrogens (tertiary/aromatic N) is 2. The summed E-state index contributed by atoms with van der Waals surface area (Å²) in [5.74, 6) is 1.80. The van der Waals surface area contributed by atoms with Crippen molar-refractivity contribution in [2.75, 3.05) is 38.5 Å². The van der Waals surface area contributed by atoms with Crippen LogP contribution in [0.5, 0.6) is 0 Å². The van der Waals surface area contributed by atoms with Crippen molar-refractivity contribution in [2.45, 2.75) is 40.0 Å². The van der Waals surface area contributed by atoms with Gasteiger partial charge >= 0.3 is 0 Å². The summed E-state index contributed by atoms with van der Waals surface area (Å²) in [5.41, 5.74) is 0. The molecule has 1 rings (SSSR count). The molecule has 2 N–H and O–H groups in total. The van der Waals surface area contributed by atoms with E-state index >= 15 is 0 Å². The SMILES string of the molecule is CCNC(=NCCCNS(=O)(=O)CC)N1CCCC(C)C1. The van der Waals surface area contributed by atoms with Crippen LogP contribution in [-0.2, 0) is 10.0 Å². The minimum Gasteiger partial charge on any atom is -0.357 e. The van der Waals surface area contributed by atoms with Crippen LogP contribution in [0.4, 0.5) is 0 Å². The highest BCUT2D eigenvalue weighted by Crippen LogP contribution is 2.15. The maximum atomic E-state index is 11.3. The van der Waals surface area contributed by atoms with Crippen molar-refractivity contribution in [1.82, 2.24) is 14.9 Å². The molecule has 124 valence electrons. The number of likely N-dealkylation sites (tertiary alicyclic amines) is 1. The molecule has 21 heavy (non-hydrogen) atoms. The molecule has 7 heteroatoms. The molecule has 1 atom stereocenters. The fourth-order valence-electron chi connectivity index (χ4n) is 2.40. The first kappa shape index (κ1) is 18.2. The third-order valence-electron chi connectivity index (χ3n) is 3.59. The Labute approximate surface area is 129 Å². The largest absolute Gasteiger partial charge is 0.357 e. The monoisotopic (exact) mass is 318 g/mol. The molecular formula is C14H30N4O2S. The van der Waals surface area contributed by atoms with E-state index < -0.39 is 10.0 Å². The predicted molar refractivity (Wildman–Crippen MR) is 88.0 cm³/mol. The summed E-state index contributed by atoms with van der Waals surface area (Å²) in [6.07, 6.45) is 3.22. The summed E-state index contributed by atoms with van der Waals surface area (Å²) >= 11 is 0. The molecule has 1 saturated heterocycles. The summed E-state index contributed by atoms with van der Waals surface area (Å²) in [5, 5.41) is 3.33. The predicted octanol–water partition coefficient (Wildman–Crippen LogP) is 1.01. The van der Waals surface area contributed by atoms with Crippen molar-refractivity contribution >= 4 is 16.0 Å². The lowest BCUT2D eigenvalue weighted by Gasteiger charge is -2.33. The van der Waals surface area contributed by atoms with Crippen molar-refractivity contribution in [2.24, 2.45) is 10.9 Å². The quantitative estimate of drug-likeness (QED) is 0.417. The van der Waals surface area contributed by atoms with Gasteiger partial charge in [-0.25, -0.2) is 13.1 Å². The van der Waals surface area contributed by atoms with Gasteiger partial charge in [0, 0.05) is 32.7 Å². The van der Waals surface area contributed by atoms with Crippen LogP contribution in [0.1, 0.15) is 40.0 Å². The Hall–Kier alpha value is -0.820. The first-order valence-electron chi connectivity index (χ1n) is 7.99. The lowest BCUT2D eigenvalue weighted by atomic mass is 10.0. The Kier molecular flexibility index (Phi) is 8.03. The van der Waals surface area contributed by atoms with Crippen LogP contribution in [0.3, 0.4) is 0 Å². The van der Waals surface area contributed by atoms with Crippen LogP contribution < -0.4 is 10.0 Å². The van der Waals surface area contributed by atoms with Gasteiger partial charge in [-0.1, -0.05) is 6.92 Å². The lowest BCUT2D eigenvalue weighted by molar-refractivity contribution is 0.266. The number of hydrogen-bond acceptors (Lipinski definition) is 3. The highest BCUT2D eigenvalue weighted by atomic mass is 32.2. The summed E-state index contributed by atoms with van der Waals surface area (Å²) < 4.78 is 25.2. The van der Waals surface area contributed by atoms with Gasteiger partial charge in [0.2, 0.25) is 10.0 Å². The van der Waals surface area contributed by atoms with Crippen molar-refractivity contribution in [3.8, 4) is 0 Å². The van der Waals surface area contributed by atoms with E-state index in [0.29, 0.717) is 19.0 Å². The van der Waals surface area contributed by atoms with E-state index in [4.69, 9.17) is 0 Å². The molecule has 0 radical (unpaired) electrons. The minimum atomic E-state index is -3.08. The van der Waals surface area contributed by atoms with Gasteiger partial charge in [-0.3, -0.25) is 4.99 Å². The highest BCUT2D eigenvalue weighted by molar-refractivity contribution is 7.89. The summed E-state index contributed by atoms with van der Waals surface area (Å²) in [6.45, 7) is 10.0. The van der Waals surface area contributed by atoms with E-state index in [1.165, 1.54) is 12.8 Å². The minimum absolute atomic E-state index is 0.130. The van der Waals surface area contributed by atoms with E-state index in [1.54, 1.807) is 6.92 Å². The Morgan fingerprint density at radius 1 is 1.38 bits per heavy atom. The van der Waals surface area contributed by atoms with Gasteiger partial charge in [0.1, 0.15) is 0 Å². The Morgan fingerprint density at radius 3 is 2.76 bits per heavy atom. The molecule has 0 saturated carbocycles. The number of rotatable bonds is 7. The van der Waals surface area contributed by atoms with Crippen LogP contribution in [0.2, 0.25) is 0 Å². The van der Waals surface area contributed by atoms with Crippen LogP contribution in [0.25, 0.3) is 0 Å². The molecule has 0 aliphatic carbocycles. The molecule has 0 spiro atoms. The third kappa shape index (κ3) is 7.13. The third-order valence-corrected chi connectivity index (χ3v) is 4.99. The first-order chi connectivity index (χ1) is 9.98. The van der Waals surface area contributed by atoms with Gasteiger partial charge in [-0.15, -0.1) is 0 Å². The number of nitrogens with one attached hydrogen (secondary N) is 2. The zero-order valence-electron chi connectivity index (χ0n) is 13.6. The van der Waals surface area contributed by atoms with E-state index in [2.05, 4.69) is 33.8 Å². The fraction of sp³-hybridized carbons (Fsp3) is 0.929. The molecule has 1 unspecified atom stereocenters. The van der Waals surface area contributed by atoms with Crippen molar-refractivity contribution < 1.29 is 8.42 Å². The Balaban J connectivity index is 2.41. The summed E-state index contributed by atoms with van der Waals surface area (Å²) in [6, 6.07) is 0. The van der Waals surface area contributed by atoms with Gasteiger partial charge in [-0.05, 0) is 39.0 Å². The van der Waals surface area contributed by atoms with Crippen LogP contribution in [0.15, 0.2) is 4.99 Å². The van der Waals surface area contributed by atoms with Crippen LogP contribution >= 0.6 is 0 Å². The molecule has 0 bridgehead atoms. The average molecular weight is 318 g/mol. The number of piperidine rings is 1. The molecule has 1 fully saturated rings. The fourth-order valence-corrected chi connectivity index (χ4v) is 3.06. The molecule has 1 heterocycles. The topological polar surface area (TPSA) is 73.8 Å². The standard InChI is InChI=1S/C14H30N4O2S/c1-4-15-14(18-11-6-8-13(3)12-18)16-9-7-10-17-21(19,20)5-2/h13,17H,4-12H2,1-3H3,(H,15,16). The maximum Gasteiger partial charge on any atom is 0.211 e. The van der Waals surface area contributed by atoms with E-state index in [1.807, 2.05) is 0 Å². The van der Waals surface area contributed by atoms with Crippen molar-refractivity contribution in [3.05, 3.63) is 0 Å². The Morgan fingerprint density at radius 2 is 2.14 bits per heavy atom. The summed E-state index contributed by atoms with van der Waals surface area (Å²) in [4.78, 5) is 6.93. The smallest absolute Gasteiger partial charge is 0.211 e. The zero-order valence-corrected chi connectivity index (χ0v) is 14.4. The molecule has 1 aliphatic rings. The van der Waals surface area contributed by atoms with Crippen molar-refractivity contribution in [1.29, 1.82) is 0 Å². The molecular weight excluding hydrogens is 288 g/mol. The Bertz CT molecular complexity index is 423. The van der Waals surface area contributed by atoms with Crippen molar-refractivity contribution in [3.63, 3.8) is 0 Å². The second kappa shape index (κ2) is 9.25. The van der Waals surface area contributed by atoms with Gasteiger partial charge in [0.15, 0.2) is 5.96 Å². The average Bonchev–Trinajstić information content (AvgIpc) is 2.45. The van der Waals surface area contributed by atoms with Gasteiger partial charge < -0.3 is 10.2 Å². The van der Waals surface area contributed by atoms with Crippen LogP contribution in [0, 0.1) is 5.92 Å². The number of hydrogen-bond donors (Lipinski definition) is 2. The second-order valence-corrected chi connectivity index (χ2v) is 7.68. The first-order valence-corrected chi connectivity index (χ1v) is 9.64.